The predicted molar refractivity (Wildman–Crippen MR) is 83.4 cm³/mol. The molecule has 1 amide bonds. The van der Waals surface area contributed by atoms with Gasteiger partial charge >= 0.3 is 0 Å². The Hall–Kier alpha value is -1.81. The number of methoxy groups -OCH3 is 1. The van der Waals surface area contributed by atoms with E-state index in [2.05, 4.69) is 21.2 Å². The van der Waals surface area contributed by atoms with Gasteiger partial charge in [0.05, 0.1) is 17.5 Å². The van der Waals surface area contributed by atoms with E-state index in [0.717, 1.165) is 5.56 Å². The van der Waals surface area contributed by atoms with Crippen LogP contribution in [0.2, 0.25) is 0 Å². The molecule has 2 aromatic carbocycles. The first-order valence-electron chi connectivity index (χ1n) is 6.32. The van der Waals surface area contributed by atoms with Crippen molar-refractivity contribution in [1.82, 2.24) is 5.32 Å². The number of rotatable bonds is 5. The standard InChI is InChI=1S/C16H16BrNO2/c1-20-15-10-6-5-9-13(15)16(19)18-11-14(17)12-7-3-2-4-8-12/h2-10,14H,11H2,1H3,(H,18,19). The average Bonchev–Trinajstić information content (AvgIpc) is 2.53. The van der Waals surface area contributed by atoms with Crippen LogP contribution < -0.4 is 10.1 Å². The molecule has 0 saturated carbocycles. The normalized spacial score (nSPS) is 11.7. The highest BCUT2D eigenvalue weighted by Crippen LogP contribution is 2.22. The van der Waals surface area contributed by atoms with Crippen LogP contribution in [0.1, 0.15) is 20.7 Å². The van der Waals surface area contributed by atoms with Gasteiger partial charge in [-0.1, -0.05) is 58.4 Å². The summed E-state index contributed by atoms with van der Waals surface area (Å²) in [4.78, 5) is 12.2. The van der Waals surface area contributed by atoms with Crippen LogP contribution in [0.25, 0.3) is 0 Å². The highest BCUT2D eigenvalue weighted by Gasteiger charge is 2.13. The molecule has 0 spiro atoms. The zero-order chi connectivity index (χ0) is 14.4. The van der Waals surface area contributed by atoms with E-state index in [9.17, 15) is 4.79 Å². The second kappa shape index (κ2) is 7.10. The molecule has 2 aromatic rings. The molecule has 3 nitrogen and oxygen atoms in total. The van der Waals surface area contributed by atoms with Gasteiger partial charge in [0.1, 0.15) is 5.75 Å². The van der Waals surface area contributed by atoms with Crippen LogP contribution in [0.15, 0.2) is 54.6 Å². The Morgan fingerprint density at radius 3 is 2.50 bits per heavy atom. The van der Waals surface area contributed by atoms with Crippen molar-refractivity contribution >= 4 is 21.8 Å². The summed E-state index contributed by atoms with van der Waals surface area (Å²) in [5.74, 6) is 0.443. The van der Waals surface area contributed by atoms with Crippen LogP contribution in [0.4, 0.5) is 0 Å². The molecule has 1 atom stereocenters. The number of alkyl halides is 1. The monoisotopic (exact) mass is 333 g/mol. The third kappa shape index (κ3) is 3.61. The maximum absolute atomic E-state index is 12.1. The first-order chi connectivity index (χ1) is 9.72. The molecule has 2 rings (SSSR count). The molecule has 0 aliphatic heterocycles. The van der Waals surface area contributed by atoms with Gasteiger partial charge in [-0.3, -0.25) is 4.79 Å². The summed E-state index contributed by atoms with van der Waals surface area (Å²) in [5.41, 5.74) is 1.68. The first kappa shape index (κ1) is 14.6. The lowest BCUT2D eigenvalue weighted by molar-refractivity contribution is 0.0951. The van der Waals surface area contributed by atoms with E-state index in [4.69, 9.17) is 4.74 Å². The Morgan fingerprint density at radius 1 is 1.15 bits per heavy atom. The van der Waals surface area contributed by atoms with Gasteiger partial charge in [0, 0.05) is 6.54 Å². The summed E-state index contributed by atoms with van der Waals surface area (Å²) in [6, 6.07) is 17.2. The molecule has 104 valence electrons. The van der Waals surface area contributed by atoms with E-state index >= 15 is 0 Å². The van der Waals surface area contributed by atoms with Crippen LogP contribution in [-0.2, 0) is 0 Å². The molecule has 0 heterocycles. The topological polar surface area (TPSA) is 38.3 Å². The number of amides is 1. The molecule has 0 saturated heterocycles. The lowest BCUT2D eigenvalue weighted by Crippen LogP contribution is -2.27. The number of para-hydroxylation sites is 1. The Kier molecular flexibility index (Phi) is 5.18. The van der Waals surface area contributed by atoms with Crippen molar-refractivity contribution in [1.29, 1.82) is 0 Å². The van der Waals surface area contributed by atoms with Crippen LogP contribution >= 0.6 is 15.9 Å². The van der Waals surface area contributed by atoms with Gasteiger partial charge in [0.15, 0.2) is 0 Å². The summed E-state index contributed by atoms with van der Waals surface area (Å²) in [6.45, 7) is 0.515. The van der Waals surface area contributed by atoms with Gasteiger partial charge in [-0.15, -0.1) is 0 Å². The van der Waals surface area contributed by atoms with E-state index in [1.54, 1.807) is 19.2 Å². The predicted octanol–water partition coefficient (Wildman–Crippen LogP) is 3.56. The molecule has 0 aromatic heterocycles. The van der Waals surface area contributed by atoms with Gasteiger partial charge in [-0.25, -0.2) is 0 Å². The molecule has 0 radical (unpaired) electrons. The van der Waals surface area contributed by atoms with E-state index in [0.29, 0.717) is 17.9 Å². The van der Waals surface area contributed by atoms with E-state index in [1.165, 1.54) is 0 Å². The molecule has 0 fully saturated rings. The minimum atomic E-state index is -0.136. The third-order valence-corrected chi connectivity index (χ3v) is 3.81. The van der Waals surface area contributed by atoms with E-state index < -0.39 is 0 Å². The Bertz CT molecular complexity index is 572. The number of benzene rings is 2. The highest BCUT2D eigenvalue weighted by atomic mass is 79.9. The number of nitrogens with one attached hydrogen (secondary N) is 1. The van der Waals surface area contributed by atoms with Crippen LogP contribution in [0.5, 0.6) is 5.75 Å². The molecule has 1 N–H and O–H groups in total. The molecule has 0 bridgehead atoms. The number of halogens is 1. The number of carbonyl (C=O) groups is 1. The molecular weight excluding hydrogens is 318 g/mol. The lowest BCUT2D eigenvalue weighted by Gasteiger charge is -2.13. The molecule has 20 heavy (non-hydrogen) atoms. The molecule has 0 aliphatic carbocycles. The Morgan fingerprint density at radius 2 is 1.80 bits per heavy atom. The van der Waals surface area contributed by atoms with Crippen molar-refractivity contribution < 1.29 is 9.53 Å². The van der Waals surface area contributed by atoms with Crippen molar-refractivity contribution in [3.05, 3.63) is 65.7 Å². The van der Waals surface area contributed by atoms with Crippen molar-refractivity contribution in [2.45, 2.75) is 4.83 Å². The summed E-state index contributed by atoms with van der Waals surface area (Å²) in [5, 5.41) is 2.91. The fraction of sp³-hybridized carbons (Fsp3) is 0.188. The summed E-state index contributed by atoms with van der Waals surface area (Å²) in [7, 11) is 1.56. The quantitative estimate of drug-likeness (QED) is 0.849. The van der Waals surface area contributed by atoms with Gasteiger partial charge in [0.25, 0.3) is 5.91 Å². The maximum atomic E-state index is 12.1. The smallest absolute Gasteiger partial charge is 0.255 e. The highest BCUT2D eigenvalue weighted by molar-refractivity contribution is 9.09. The fourth-order valence-corrected chi connectivity index (χ4v) is 2.36. The van der Waals surface area contributed by atoms with Crippen LogP contribution in [0.3, 0.4) is 0 Å². The summed E-state index contributed by atoms with van der Waals surface area (Å²) in [6.07, 6.45) is 0. The fourth-order valence-electron chi connectivity index (χ4n) is 1.89. The van der Waals surface area contributed by atoms with E-state index in [-0.39, 0.29) is 10.7 Å². The third-order valence-electron chi connectivity index (χ3n) is 2.95. The Labute approximate surface area is 127 Å². The summed E-state index contributed by atoms with van der Waals surface area (Å²) >= 11 is 3.58. The van der Waals surface area contributed by atoms with E-state index in [1.807, 2.05) is 42.5 Å². The zero-order valence-corrected chi connectivity index (χ0v) is 12.8. The van der Waals surface area contributed by atoms with Crippen molar-refractivity contribution in [3.8, 4) is 5.75 Å². The first-order valence-corrected chi connectivity index (χ1v) is 7.24. The molecule has 0 aliphatic rings. The molecular formula is C16H16BrNO2. The molecule has 4 heteroatoms. The van der Waals surface area contributed by atoms with Gasteiger partial charge < -0.3 is 10.1 Å². The zero-order valence-electron chi connectivity index (χ0n) is 11.2. The van der Waals surface area contributed by atoms with Crippen molar-refractivity contribution in [2.24, 2.45) is 0 Å². The van der Waals surface area contributed by atoms with Gasteiger partial charge in [-0.05, 0) is 17.7 Å². The second-order valence-electron chi connectivity index (χ2n) is 4.29. The van der Waals surface area contributed by atoms with Gasteiger partial charge in [-0.2, -0.15) is 0 Å². The lowest BCUT2D eigenvalue weighted by atomic mass is 10.1. The number of hydrogen-bond donors (Lipinski definition) is 1. The van der Waals surface area contributed by atoms with Crippen LogP contribution in [-0.4, -0.2) is 19.6 Å². The number of ether oxygens (including phenoxy) is 1. The number of hydrogen-bond acceptors (Lipinski definition) is 2. The van der Waals surface area contributed by atoms with Crippen molar-refractivity contribution in [2.75, 3.05) is 13.7 Å². The minimum absolute atomic E-state index is 0.0855. The van der Waals surface area contributed by atoms with Crippen molar-refractivity contribution in [3.63, 3.8) is 0 Å². The average molecular weight is 334 g/mol. The second-order valence-corrected chi connectivity index (χ2v) is 5.39. The van der Waals surface area contributed by atoms with Gasteiger partial charge in [0.2, 0.25) is 0 Å². The molecule has 1 unspecified atom stereocenters. The minimum Gasteiger partial charge on any atom is -0.496 e. The SMILES string of the molecule is COc1ccccc1C(=O)NCC(Br)c1ccccc1. The maximum Gasteiger partial charge on any atom is 0.255 e. The largest absolute Gasteiger partial charge is 0.496 e. The Balaban J connectivity index is 1.99. The van der Waals surface area contributed by atoms with Crippen LogP contribution in [0, 0.1) is 0 Å². The summed E-state index contributed by atoms with van der Waals surface area (Å²) < 4.78 is 5.19. The number of carbonyl (C=O) groups excluding carboxylic acids is 1.